The molecular formula is C18H16N2O3. The number of phenols is 1. The number of carbonyl (C=O) groups is 1. The largest absolute Gasteiger partial charge is 0.508 e. The molecule has 23 heavy (non-hydrogen) atoms. The number of fused-ring (bicyclic) bond motifs is 1. The van der Waals surface area contributed by atoms with Crippen LogP contribution in [0.25, 0.3) is 10.9 Å². The lowest BCUT2D eigenvalue weighted by atomic mass is 10.1. The number of para-hydroxylation sites is 1. The number of aromatic hydroxyl groups is 1. The molecule has 0 atom stereocenters. The van der Waals surface area contributed by atoms with Crippen LogP contribution in [0.5, 0.6) is 5.75 Å². The second kappa shape index (κ2) is 5.96. The molecule has 116 valence electrons. The molecule has 0 saturated heterocycles. The lowest BCUT2D eigenvalue weighted by Crippen LogP contribution is -2.34. The third-order valence-corrected chi connectivity index (χ3v) is 3.71. The summed E-state index contributed by atoms with van der Waals surface area (Å²) in [7, 11) is 0. The van der Waals surface area contributed by atoms with E-state index in [0.717, 1.165) is 5.39 Å². The van der Waals surface area contributed by atoms with Crippen LogP contribution in [0.15, 0.2) is 59.4 Å². The van der Waals surface area contributed by atoms with Gasteiger partial charge in [-0.2, -0.15) is 0 Å². The number of amides is 1. The van der Waals surface area contributed by atoms with Gasteiger partial charge in [0.15, 0.2) is 0 Å². The molecule has 3 aromatic rings. The minimum Gasteiger partial charge on any atom is -0.508 e. The molecule has 1 amide bonds. The second-order valence-corrected chi connectivity index (χ2v) is 5.17. The maximum atomic E-state index is 12.8. The van der Waals surface area contributed by atoms with Crippen LogP contribution in [-0.4, -0.2) is 22.5 Å². The van der Waals surface area contributed by atoms with E-state index in [-0.39, 0.29) is 17.2 Å². The molecule has 0 bridgehead atoms. The normalized spacial score (nSPS) is 10.7. The highest BCUT2D eigenvalue weighted by Crippen LogP contribution is 2.20. The van der Waals surface area contributed by atoms with E-state index in [9.17, 15) is 14.7 Å². The summed E-state index contributed by atoms with van der Waals surface area (Å²) in [6.45, 7) is 2.25. The van der Waals surface area contributed by atoms with Gasteiger partial charge in [-0.15, -0.1) is 0 Å². The summed E-state index contributed by atoms with van der Waals surface area (Å²) in [6, 6.07) is 15.2. The standard InChI is InChI=1S/C18H16N2O3/c1-2-20(13-7-9-14(21)10-8-13)18(23)15-11-12-5-3-4-6-16(12)19-17(15)22/h3-11,21H,2H2,1H3,(H,19,22). The Morgan fingerprint density at radius 1 is 1.13 bits per heavy atom. The molecule has 0 saturated carbocycles. The van der Waals surface area contributed by atoms with Gasteiger partial charge in [0.2, 0.25) is 0 Å². The van der Waals surface area contributed by atoms with Gasteiger partial charge >= 0.3 is 0 Å². The average molecular weight is 308 g/mol. The van der Waals surface area contributed by atoms with Crippen LogP contribution < -0.4 is 10.5 Å². The van der Waals surface area contributed by atoms with Crippen LogP contribution in [0.1, 0.15) is 17.3 Å². The van der Waals surface area contributed by atoms with Crippen molar-refractivity contribution in [3.63, 3.8) is 0 Å². The highest BCUT2D eigenvalue weighted by atomic mass is 16.3. The first kappa shape index (κ1) is 14.8. The van der Waals surface area contributed by atoms with Crippen LogP contribution >= 0.6 is 0 Å². The molecule has 0 spiro atoms. The Balaban J connectivity index is 2.05. The van der Waals surface area contributed by atoms with Gasteiger partial charge in [-0.25, -0.2) is 0 Å². The molecule has 0 fully saturated rings. The van der Waals surface area contributed by atoms with E-state index >= 15 is 0 Å². The van der Waals surface area contributed by atoms with Crippen molar-refractivity contribution < 1.29 is 9.90 Å². The SMILES string of the molecule is CCN(C(=O)c1cc2ccccc2[nH]c1=O)c1ccc(O)cc1. The molecule has 5 heteroatoms. The summed E-state index contributed by atoms with van der Waals surface area (Å²) in [4.78, 5) is 29.2. The van der Waals surface area contributed by atoms with Crippen molar-refractivity contribution in [2.45, 2.75) is 6.92 Å². The van der Waals surface area contributed by atoms with E-state index in [2.05, 4.69) is 4.98 Å². The van der Waals surface area contributed by atoms with Crippen molar-refractivity contribution in [2.75, 3.05) is 11.4 Å². The summed E-state index contributed by atoms with van der Waals surface area (Å²) in [5, 5.41) is 10.2. The van der Waals surface area contributed by atoms with Gasteiger partial charge in [0.05, 0.1) is 0 Å². The van der Waals surface area contributed by atoms with Crippen molar-refractivity contribution >= 4 is 22.5 Å². The Labute approximate surface area is 132 Å². The average Bonchev–Trinajstić information content (AvgIpc) is 2.56. The number of aromatic amines is 1. The van der Waals surface area contributed by atoms with Crippen LogP contribution in [-0.2, 0) is 0 Å². The molecule has 0 unspecified atom stereocenters. The zero-order valence-corrected chi connectivity index (χ0v) is 12.6. The molecule has 0 aliphatic rings. The summed E-state index contributed by atoms with van der Waals surface area (Å²) < 4.78 is 0. The molecule has 1 heterocycles. The van der Waals surface area contributed by atoms with Crippen LogP contribution in [0.2, 0.25) is 0 Å². The van der Waals surface area contributed by atoms with Crippen molar-refractivity contribution in [3.8, 4) is 5.75 Å². The Bertz CT molecular complexity index is 913. The number of hydrogen-bond donors (Lipinski definition) is 2. The zero-order valence-electron chi connectivity index (χ0n) is 12.6. The van der Waals surface area contributed by atoms with E-state index in [1.807, 2.05) is 25.1 Å². The van der Waals surface area contributed by atoms with E-state index in [4.69, 9.17) is 0 Å². The predicted molar refractivity (Wildman–Crippen MR) is 90.0 cm³/mol. The first-order valence-corrected chi connectivity index (χ1v) is 7.33. The first-order chi connectivity index (χ1) is 11.1. The summed E-state index contributed by atoms with van der Waals surface area (Å²) in [5.41, 5.74) is 1.01. The molecule has 0 radical (unpaired) electrons. The number of anilines is 1. The number of aromatic nitrogens is 1. The lowest BCUT2D eigenvalue weighted by Gasteiger charge is -2.21. The van der Waals surface area contributed by atoms with Gasteiger partial charge < -0.3 is 15.0 Å². The van der Waals surface area contributed by atoms with Gasteiger partial charge in [-0.1, -0.05) is 18.2 Å². The smallest absolute Gasteiger partial charge is 0.263 e. The Morgan fingerprint density at radius 3 is 2.52 bits per heavy atom. The summed E-state index contributed by atoms with van der Waals surface area (Å²) >= 11 is 0. The number of H-pyrrole nitrogens is 1. The maximum Gasteiger partial charge on any atom is 0.263 e. The summed E-state index contributed by atoms with van der Waals surface area (Å²) in [5.74, 6) is -0.244. The molecular weight excluding hydrogens is 292 g/mol. The Kier molecular flexibility index (Phi) is 3.85. The maximum absolute atomic E-state index is 12.8. The van der Waals surface area contributed by atoms with Crippen molar-refractivity contribution in [1.29, 1.82) is 0 Å². The molecule has 1 aromatic heterocycles. The molecule has 2 N–H and O–H groups in total. The van der Waals surface area contributed by atoms with Crippen LogP contribution in [0.4, 0.5) is 5.69 Å². The number of benzene rings is 2. The third kappa shape index (κ3) is 2.81. The quantitative estimate of drug-likeness (QED) is 0.781. The van der Waals surface area contributed by atoms with Crippen molar-refractivity contribution in [2.24, 2.45) is 0 Å². The van der Waals surface area contributed by atoms with E-state index < -0.39 is 5.56 Å². The number of rotatable bonds is 3. The summed E-state index contributed by atoms with van der Waals surface area (Å²) in [6.07, 6.45) is 0. The van der Waals surface area contributed by atoms with Crippen molar-refractivity contribution in [1.82, 2.24) is 4.98 Å². The van der Waals surface area contributed by atoms with Gasteiger partial charge in [0.1, 0.15) is 11.3 Å². The molecule has 3 rings (SSSR count). The highest BCUT2D eigenvalue weighted by Gasteiger charge is 2.19. The highest BCUT2D eigenvalue weighted by molar-refractivity contribution is 6.07. The van der Waals surface area contributed by atoms with E-state index in [0.29, 0.717) is 17.7 Å². The third-order valence-electron chi connectivity index (χ3n) is 3.71. The van der Waals surface area contributed by atoms with Crippen LogP contribution in [0.3, 0.4) is 0 Å². The number of nitrogens with zero attached hydrogens (tertiary/aromatic N) is 1. The van der Waals surface area contributed by atoms with Gasteiger partial charge in [0.25, 0.3) is 11.5 Å². The second-order valence-electron chi connectivity index (χ2n) is 5.17. The molecule has 5 nitrogen and oxygen atoms in total. The van der Waals surface area contributed by atoms with Crippen molar-refractivity contribution in [3.05, 3.63) is 70.5 Å². The minimum atomic E-state index is -0.411. The lowest BCUT2D eigenvalue weighted by molar-refractivity contribution is 0.0987. The topological polar surface area (TPSA) is 73.4 Å². The zero-order chi connectivity index (χ0) is 16.4. The fourth-order valence-corrected chi connectivity index (χ4v) is 2.53. The fourth-order valence-electron chi connectivity index (χ4n) is 2.53. The number of hydrogen-bond acceptors (Lipinski definition) is 3. The van der Waals surface area contributed by atoms with Gasteiger partial charge in [-0.3, -0.25) is 9.59 Å². The van der Waals surface area contributed by atoms with E-state index in [1.165, 1.54) is 17.0 Å². The fraction of sp³-hybridized carbons (Fsp3) is 0.111. The first-order valence-electron chi connectivity index (χ1n) is 7.33. The molecule has 2 aromatic carbocycles. The van der Waals surface area contributed by atoms with Gasteiger partial charge in [-0.05, 0) is 48.7 Å². The number of pyridine rings is 1. The molecule has 0 aliphatic heterocycles. The van der Waals surface area contributed by atoms with Crippen LogP contribution in [0, 0.1) is 0 Å². The minimum absolute atomic E-state index is 0.0959. The van der Waals surface area contributed by atoms with E-state index in [1.54, 1.807) is 24.3 Å². The van der Waals surface area contributed by atoms with Gasteiger partial charge in [0, 0.05) is 17.7 Å². The monoisotopic (exact) mass is 308 g/mol. The molecule has 0 aliphatic carbocycles. The number of nitrogens with one attached hydrogen (secondary N) is 1. The Morgan fingerprint density at radius 2 is 1.83 bits per heavy atom. The number of phenolic OH excluding ortho intramolecular Hbond substituents is 1. The Hall–Kier alpha value is -3.08. The predicted octanol–water partition coefficient (Wildman–Crippen LogP) is 2.90. The number of carbonyl (C=O) groups excluding carboxylic acids is 1.